The molecule has 0 bridgehead atoms. The molecule has 0 aliphatic carbocycles. The predicted molar refractivity (Wildman–Crippen MR) is 81.0 cm³/mol. The van der Waals surface area contributed by atoms with Crippen LogP contribution in [-0.2, 0) is 19.2 Å². The van der Waals surface area contributed by atoms with E-state index in [1.54, 1.807) is 24.3 Å². The van der Waals surface area contributed by atoms with E-state index in [-0.39, 0.29) is 23.9 Å². The number of carboxylic acid groups (broad SMARTS) is 1. The van der Waals surface area contributed by atoms with Gasteiger partial charge in [-0.3, -0.25) is 4.28 Å². The molecule has 0 amide bonds. The Kier molecular flexibility index (Phi) is 4.72. The quantitative estimate of drug-likeness (QED) is 0.805. The van der Waals surface area contributed by atoms with Gasteiger partial charge >= 0.3 is 16.1 Å². The van der Waals surface area contributed by atoms with Crippen LogP contribution >= 0.6 is 11.6 Å². The lowest BCUT2D eigenvalue weighted by Crippen LogP contribution is -2.32. The van der Waals surface area contributed by atoms with Crippen molar-refractivity contribution < 1.29 is 22.6 Å². The van der Waals surface area contributed by atoms with E-state index in [0.29, 0.717) is 5.02 Å². The van der Waals surface area contributed by atoms with Crippen LogP contribution in [0.15, 0.2) is 41.2 Å². The van der Waals surface area contributed by atoms with E-state index in [4.69, 9.17) is 16.7 Å². The van der Waals surface area contributed by atoms with E-state index in [1.165, 1.54) is 6.08 Å². The van der Waals surface area contributed by atoms with E-state index >= 15 is 0 Å². The second-order valence-corrected chi connectivity index (χ2v) is 6.67. The molecule has 0 radical (unpaired) electrons. The SMILES string of the molecule is CS(=O)(=O)ON=C1C=C(C(=O)O)NC(c2ccc(Cl)cc2)C1. The number of aliphatic carboxylic acids is 1. The summed E-state index contributed by atoms with van der Waals surface area (Å²) >= 11 is 5.82. The molecular formula is C13H13ClN2O5S. The Bertz CT molecular complexity index is 740. The summed E-state index contributed by atoms with van der Waals surface area (Å²) in [7, 11) is -3.75. The lowest BCUT2D eigenvalue weighted by molar-refractivity contribution is -0.133. The van der Waals surface area contributed by atoms with Crippen molar-refractivity contribution in [3.05, 3.63) is 46.6 Å². The zero-order chi connectivity index (χ0) is 16.3. The van der Waals surface area contributed by atoms with Crippen molar-refractivity contribution >= 4 is 33.4 Å². The number of hydrogen-bond donors (Lipinski definition) is 2. The van der Waals surface area contributed by atoms with Gasteiger partial charge in [-0.1, -0.05) is 28.9 Å². The minimum Gasteiger partial charge on any atom is -0.477 e. The molecule has 7 nitrogen and oxygen atoms in total. The molecule has 1 heterocycles. The Hall–Kier alpha value is -2.06. The molecule has 1 atom stereocenters. The molecule has 0 aromatic heterocycles. The van der Waals surface area contributed by atoms with Crippen molar-refractivity contribution in [2.75, 3.05) is 6.26 Å². The number of hydrogen-bond acceptors (Lipinski definition) is 6. The molecule has 1 aliphatic heterocycles. The van der Waals surface area contributed by atoms with Gasteiger partial charge < -0.3 is 10.4 Å². The summed E-state index contributed by atoms with van der Waals surface area (Å²) in [6, 6.07) is 6.48. The Morgan fingerprint density at radius 2 is 2.05 bits per heavy atom. The van der Waals surface area contributed by atoms with E-state index in [9.17, 15) is 13.2 Å². The van der Waals surface area contributed by atoms with Crippen molar-refractivity contribution in [3.8, 4) is 0 Å². The van der Waals surface area contributed by atoms with Gasteiger partial charge in [-0.15, -0.1) is 0 Å². The van der Waals surface area contributed by atoms with Crippen molar-refractivity contribution in [3.63, 3.8) is 0 Å². The minimum absolute atomic E-state index is 0.0953. The Labute approximate surface area is 132 Å². The highest BCUT2D eigenvalue weighted by atomic mass is 35.5. The van der Waals surface area contributed by atoms with Crippen molar-refractivity contribution in [1.82, 2.24) is 5.32 Å². The van der Waals surface area contributed by atoms with Crippen molar-refractivity contribution in [1.29, 1.82) is 0 Å². The maximum atomic E-state index is 11.2. The minimum atomic E-state index is -3.75. The molecule has 0 saturated carbocycles. The lowest BCUT2D eigenvalue weighted by Gasteiger charge is -2.24. The zero-order valence-corrected chi connectivity index (χ0v) is 13.1. The Morgan fingerprint density at radius 1 is 1.41 bits per heavy atom. The number of oxime groups is 1. The Morgan fingerprint density at radius 3 is 2.59 bits per heavy atom. The van der Waals surface area contributed by atoms with Crippen LogP contribution in [-0.4, -0.2) is 31.5 Å². The van der Waals surface area contributed by atoms with Crippen LogP contribution in [0.1, 0.15) is 18.0 Å². The summed E-state index contributed by atoms with van der Waals surface area (Å²) < 4.78 is 26.3. The summed E-state index contributed by atoms with van der Waals surface area (Å²) in [5.41, 5.74) is 0.909. The van der Waals surface area contributed by atoms with E-state index in [1.807, 2.05) is 0 Å². The van der Waals surface area contributed by atoms with Gasteiger partial charge in [0.2, 0.25) is 0 Å². The van der Waals surface area contributed by atoms with Crippen LogP contribution in [0.3, 0.4) is 0 Å². The standard InChI is InChI=1S/C13H13ClN2O5S/c1-22(19,20)21-16-10-6-11(15-12(7-10)13(17)18)8-2-4-9(14)5-3-8/h2-5,7,11,15H,6H2,1H3,(H,17,18). The molecule has 2 rings (SSSR count). The average molecular weight is 345 g/mol. The monoisotopic (exact) mass is 344 g/mol. The molecule has 118 valence electrons. The highest BCUT2D eigenvalue weighted by Crippen LogP contribution is 2.24. The van der Waals surface area contributed by atoms with E-state index in [0.717, 1.165) is 11.8 Å². The smallest absolute Gasteiger partial charge is 0.352 e. The molecule has 1 aliphatic rings. The number of benzene rings is 1. The third-order valence-corrected chi connectivity index (χ3v) is 3.44. The highest BCUT2D eigenvalue weighted by Gasteiger charge is 2.24. The summed E-state index contributed by atoms with van der Waals surface area (Å²) in [5.74, 6) is -1.18. The highest BCUT2D eigenvalue weighted by molar-refractivity contribution is 7.85. The first kappa shape index (κ1) is 16.3. The van der Waals surface area contributed by atoms with Gasteiger partial charge in [-0.05, 0) is 23.8 Å². The van der Waals surface area contributed by atoms with E-state index < -0.39 is 16.1 Å². The molecule has 1 aromatic rings. The molecule has 2 N–H and O–H groups in total. The van der Waals surface area contributed by atoms with Gasteiger partial charge in [0.15, 0.2) is 0 Å². The van der Waals surface area contributed by atoms with Crippen LogP contribution in [0.4, 0.5) is 0 Å². The molecule has 9 heteroatoms. The molecule has 0 spiro atoms. The third-order valence-electron chi connectivity index (χ3n) is 2.85. The molecule has 1 aromatic carbocycles. The summed E-state index contributed by atoms with van der Waals surface area (Å²) in [6.45, 7) is 0. The fourth-order valence-corrected chi connectivity index (χ4v) is 2.27. The van der Waals surface area contributed by atoms with Crippen LogP contribution < -0.4 is 5.32 Å². The maximum Gasteiger partial charge on any atom is 0.352 e. The van der Waals surface area contributed by atoms with Crippen molar-refractivity contribution in [2.45, 2.75) is 12.5 Å². The van der Waals surface area contributed by atoms with Gasteiger partial charge in [0.05, 0.1) is 18.0 Å². The number of carboxylic acids is 1. The maximum absolute atomic E-state index is 11.2. The topological polar surface area (TPSA) is 105 Å². The molecule has 0 saturated heterocycles. The van der Waals surface area contributed by atoms with Crippen LogP contribution in [0.25, 0.3) is 0 Å². The summed E-state index contributed by atoms with van der Waals surface area (Å²) in [6.07, 6.45) is 2.37. The first-order valence-electron chi connectivity index (χ1n) is 6.17. The van der Waals surface area contributed by atoms with Gasteiger partial charge in [0.1, 0.15) is 5.70 Å². The number of rotatable bonds is 4. The third kappa shape index (κ3) is 4.47. The van der Waals surface area contributed by atoms with Crippen molar-refractivity contribution in [2.24, 2.45) is 5.16 Å². The van der Waals surface area contributed by atoms with Crippen LogP contribution in [0, 0.1) is 0 Å². The first-order valence-corrected chi connectivity index (χ1v) is 8.36. The van der Waals surface area contributed by atoms with Gasteiger partial charge in [-0.25, -0.2) is 4.79 Å². The molecule has 22 heavy (non-hydrogen) atoms. The second-order valence-electron chi connectivity index (χ2n) is 4.68. The fourth-order valence-electron chi connectivity index (χ4n) is 1.91. The van der Waals surface area contributed by atoms with Gasteiger partial charge in [0.25, 0.3) is 0 Å². The largest absolute Gasteiger partial charge is 0.477 e. The number of allylic oxidation sites excluding steroid dienone is 1. The van der Waals surface area contributed by atoms with Gasteiger partial charge in [0, 0.05) is 11.4 Å². The zero-order valence-electron chi connectivity index (χ0n) is 11.5. The first-order chi connectivity index (χ1) is 10.2. The van der Waals surface area contributed by atoms with E-state index in [2.05, 4.69) is 14.8 Å². The van der Waals surface area contributed by atoms with Crippen LogP contribution in [0.5, 0.6) is 0 Å². The summed E-state index contributed by atoms with van der Waals surface area (Å²) in [5, 5.41) is 16.0. The fraction of sp³-hybridized carbons (Fsp3) is 0.231. The second kappa shape index (κ2) is 6.37. The number of nitrogens with one attached hydrogen (secondary N) is 1. The Balaban J connectivity index is 2.30. The predicted octanol–water partition coefficient (Wildman–Crippen LogP) is 1.68. The molecule has 1 unspecified atom stereocenters. The normalized spacial score (nSPS) is 20.2. The number of carbonyl (C=O) groups is 1. The molecule has 0 fully saturated rings. The number of halogens is 1. The molecular weight excluding hydrogens is 332 g/mol. The van der Waals surface area contributed by atoms with Crippen LogP contribution in [0.2, 0.25) is 5.02 Å². The average Bonchev–Trinajstić information content (AvgIpc) is 2.45. The number of nitrogens with zero attached hydrogens (tertiary/aromatic N) is 1. The van der Waals surface area contributed by atoms with Gasteiger partial charge in [-0.2, -0.15) is 8.42 Å². The lowest BCUT2D eigenvalue weighted by atomic mass is 9.97. The summed E-state index contributed by atoms with van der Waals surface area (Å²) in [4.78, 5) is 11.2.